The standard InChI is InChI=1S/C17H22N4O3/c1-2-15(22)19-8-10-20(11-9-19)16(23)13-4-3-5-14(12-13)21-7-6-18-17(21)24/h3-5,12H,2,6-11H2,1H3,(H,18,24). The molecule has 0 spiro atoms. The number of hydrogen-bond acceptors (Lipinski definition) is 3. The third-order valence-corrected chi connectivity index (χ3v) is 4.48. The Labute approximate surface area is 141 Å². The molecule has 2 heterocycles. The van der Waals surface area contributed by atoms with Crippen molar-refractivity contribution in [1.29, 1.82) is 0 Å². The van der Waals surface area contributed by atoms with E-state index in [4.69, 9.17) is 0 Å². The zero-order valence-corrected chi connectivity index (χ0v) is 13.8. The lowest BCUT2D eigenvalue weighted by Crippen LogP contribution is -2.50. The largest absolute Gasteiger partial charge is 0.339 e. The van der Waals surface area contributed by atoms with Gasteiger partial charge in [0.1, 0.15) is 0 Å². The van der Waals surface area contributed by atoms with Gasteiger partial charge in [-0.15, -0.1) is 0 Å². The van der Waals surface area contributed by atoms with Crippen LogP contribution in [0.5, 0.6) is 0 Å². The second-order valence-electron chi connectivity index (χ2n) is 5.96. The second kappa shape index (κ2) is 6.90. The summed E-state index contributed by atoms with van der Waals surface area (Å²) in [4.78, 5) is 41.4. The molecule has 0 unspecified atom stereocenters. The predicted molar refractivity (Wildman–Crippen MR) is 90.0 cm³/mol. The molecule has 3 rings (SSSR count). The van der Waals surface area contributed by atoms with Gasteiger partial charge in [-0.1, -0.05) is 13.0 Å². The molecule has 0 saturated carbocycles. The lowest BCUT2D eigenvalue weighted by molar-refractivity contribution is -0.132. The molecule has 7 nitrogen and oxygen atoms in total. The van der Waals surface area contributed by atoms with Gasteiger partial charge in [-0.2, -0.15) is 0 Å². The van der Waals surface area contributed by atoms with E-state index in [0.717, 1.165) is 5.69 Å². The van der Waals surface area contributed by atoms with Crippen molar-refractivity contribution < 1.29 is 14.4 Å². The summed E-state index contributed by atoms with van der Waals surface area (Å²) in [7, 11) is 0. The Morgan fingerprint density at radius 2 is 1.79 bits per heavy atom. The Hall–Kier alpha value is -2.57. The maximum Gasteiger partial charge on any atom is 0.321 e. The van der Waals surface area contributed by atoms with Crippen molar-refractivity contribution in [1.82, 2.24) is 15.1 Å². The van der Waals surface area contributed by atoms with Crippen LogP contribution in [0.15, 0.2) is 24.3 Å². The number of piperazine rings is 1. The van der Waals surface area contributed by atoms with Gasteiger partial charge in [-0.05, 0) is 18.2 Å². The summed E-state index contributed by atoms with van der Waals surface area (Å²) >= 11 is 0. The van der Waals surface area contributed by atoms with Gasteiger partial charge in [-0.25, -0.2) is 4.79 Å². The minimum Gasteiger partial charge on any atom is -0.339 e. The van der Waals surface area contributed by atoms with Gasteiger partial charge in [0, 0.05) is 56.9 Å². The van der Waals surface area contributed by atoms with Crippen molar-refractivity contribution in [2.45, 2.75) is 13.3 Å². The first-order valence-corrected chi connectivity index (χ1v) is 8.32. The van der Waals surface area contributed by atoms with Crippen LogP contribution in [0.2, 0.25) is 0 Å². The highest BCUT2D eigenvalue weighted by Gasteiger charge is 2.26. The van der Waals surface area contributed by atoms with E-state index >= 15 is 0 Å². The number of carbonyl (C=O) groups excluding carboxylic acids is 3. The highest BCUT2D eigenvalue weighted by Crippen LogP contribution is 2.19. The maximum absolute atomic E-state index is 12.7. The molecule has 0 aromatic heterocycles. The first-order valence-electron chi connectivity index (χ1n) is 8.32. The van der Waals surface area contributed by atoms with E-state index in [1.165, 1.54) is 0 Å². The molecule has 1 aromatic carbocycles. The highest BCUT2D eigenvalue weighted by atomic mass is 16.2. The van der Waals surface area contributed by atoms with Crippen molar-refractivity contribution in [2.75, 3.05) is 44.2 Å². The molecule has 2 aliphatic rings. The second-order valence-corrected chi connectivity index (χ2v) is 5.96. The SMILES string of the molecule is CCC(=O)N1CCN(C(=O)c2cccc(N3CCNC3=O)c2)CC1. The first kappa shape index (κ1) is 16.3. The summed E-state index contributed by atoms with van der Waals surface area (Å²) in [5.74, 6) is 0.0733. The summed E-state index contributed by atoms with van der Waals surface area (Å²) in [6.45, 7) is 5.30. The minimum atomic E-state index is -0.133. The van der Waals surface area contributed by atoms with Crippen LogP contribution < -0.4 is 10.2 Å². The van der Waals surface area contributed by atoms with Crippen LogP contribution in [0.4, 0.5) is 10.5 Å². The fraction of sp³-hybridized carbons (Fsp3) is 0.471. The van der Waals surface area contributed by atoms with Crippen LogP contribution in [-0.4, -0.2) is 66.9 Å². The maximum atomic E-state index is 12.7. The molecule has 0 bridgehead atoms. The molecule has 128 valence electrons. The van der Waals surface area contributed by atoms with Crippen LogP contribution in [0.25, 0.3) is 0 Å². The molecule has 4 amide bonds. The van der Waals surface area contributed by atoms with E-state index in [9.17, 15) is 14.4 Å². The number of amides is 4. The number of carbonyl (C=O) groups is 3. The summed E-state index contributed by atoms with van der Waals surface area (Å²) in [6, 6.07) is 7.02. The van der Waals surface area contributed by atoms with E-state index < -0.39 is 0 Å². The van der Waals surface area contributed by atoms with Crippen LogP contribution in [0.1, 0.15) is 23.7 Å². The smallest absolute Gasteiger partial charge is 0.321 e. The summed E-state index contributed by atoms with van der Waals surface area (Å²) in [5, 5.41) is 2.76. The Morgan fingerprint density at radius 3 is 2.42 bits per heavy atom. The van der Waals surface area contributed by atoms with Gasteiger partial charge in [0.05, 0.1) is 0 Å². The predicted octanol–water partition coefficient (Wildman–Crippen LogP) is 0.911. The van der Waals surface area contributed by atoms with Crippen molar-refractivity contribution in [3.8, 4) is 0 Å². The number of anilines is 1. The number of urea groups is 1. The van der Waals surface area contributed by atoms with E-state index in [0.29, 0.717) is 51.3 Å². The number of nitrogens with one attached hydrogen (secondary N) is 1. The van der Waals surface area contributed by atoms with Crippen LogP contribution in [-0.2, 0) is 4.79 Å². The lowest BCUT2D eigenvalue weighted by Gasteiger charge is -2.34. The third kappa shape index (κ3) is 3.20. The highest BCUT2D eigenvalue weighted by molar-refractivity contribution is 5.98. The molecule has 2 aliphatic heterocycles. The van der Waals surface area contributed by atoms with E-state index in [-0.39, 0.29) is 17.8 Å². The monoisotopic (exact) mass is 330 g/mol. The molecular formula is C17H22N4O3. The molecule has 1 aromatic rings. The van der Waals surface area contributed by atoms with Crippen LogP contribution >= 0.6 is 0 Å². The summed E-state index contributed by atoms with van der Waals surface area (Å²) < 4.78 is 0. The fourth-order valence-corrected chi connectivity index (χ4v) is 3.09. The average molecular weight is 330 g/mol. The molecule has 1 N–H and O–H groups in total. The van der Waals surface area contributed by atoms with Gasteiger partial charge < -0.3 is 15.1 Å². The normalized spacial score (nSPS) is 17.9. The van der Waals surface area contributed by atoms with E-state index in [2.05, 4.69) is 5.32 Å². The van der Waals surface area contributed by atoms with Crippen molar-refractivity contribution in [3.63, 3.8) is 0 Å². The number of hydrogen-bond donors (Lipinski definition) is 1. The number of benzene rings is 1. The van der Waals surface area contributed by atoms with Crippen LogP contribution in [0.3, 0.4) is 0 Å². The molecule has 0 radical (unpaired) electrons. The van der Waals surface area contributed by atoms with Crippen molar-refractivity contribution >= 4 is 23.5 Å². The molecule has 24 heavy (non-hydrogen) atoms. The summed E-state index contributed by atoms with van der Waals surface area (Å²) in [5.41, 5.74) is 1.30. The molecular weight excluding hydrogens is 308 g/mol. The third-order valence-electron chi connectivity index (χ3n) is 4.48. The quantitative estimate of drug-likeness (QED) is 0.895. The van der Waals surface area contributed by atoms with Gasteiger partial charge in [0.15, 0.2) is 0 Å². The van der Waals surface area contributed by atoms with Gasteiger partial charge in [0.25, 0.3) is 5.91 Å². The number of nitrogens with zero attached hydrogens (tertiary/aromatic N) is 3. The van der Waals surface area contributed by atoms with Gasteiger partial charge in [0.2, 0.25) is 5.91 Å². The van der Waals surface area contributed by atoms with Gasteiger partial charge in [-0.3, -0.25) is 14.5 Å². The zero-order valence-electron chi connectivity index (χ0n) is 13.8. The lowest BCUT2D eigenvalue weighted by atomic mass is 10.1. The van der Waals surface area contributed by atoms with Crippen molar-refractivity contribution in [2.24, 2.45) is 0 Å². The average Bonchev–Trinajstić information content (AvgIpc) is 3.06. The minimum absolute atomic E-state index is 0.0555. The van der Waals surface area contributed by atoms with Gasteiger partial charge >= 0.3 is 6.03 Å². The number of rotatable bonds is 3. The molecule has 2 saturated heterocycles. The molecule has 0 aliphatic carbocycles. The van der Waals surface area contributed by atoms with Crippen molar-refractivity contribution in [3.05, 3.63) is 29.8 Å². The fourth-order valence-electron chi connectivity index (χ4n) is 3.09. The van der Waals surface area contributed by atoms with E-state index in [1.54, 1.807) is 32.9 Å². The zero-order chi connectivity index (χ0) is 17.1. The molecule has 7 heteroatoms. The molecule has 2 fully saturated rings. The Kier molecular flexibility index (Phi) is 4.69. The first-order chi connectivity index (χ1) is 11.6. The molecule has 0 atom stereocenters. The Bertz CT molecular complexity index is 653. The van der Waals surface area contributed by atoms with E-state index in [1.807, 2.05) is 13.0 Å². The Morgan fingerprint density at radius 1 is 1.08 bits per heavy atom. The Balaban J connectivity index is 1.68. The summed E-state index contributed by atoms with van der Waals surface area (Å²) in [6.07, 6.45) is 0.494. The topological polar surface area (TPSA) is 73.0 Å². The van der Waals surface area contributed by atoms with Crippen LogP contribution in [0, 0.1) is 0 Å².